The fraction of sp³-hybridized carbons (Fsp3) is 0.500. The molecule has 1 aliphatic heterocycles. The van der Waals surface area contributed by atoms with Crippen LogP contribution in [0.15, 0.2) is 36.8 Å². The van der Waals surface area contributed by atoms with Gasteiger partial charge in [-0.3, -0.25) is 4.79 Å². The summed E-state index contributed by atoms with van der Waals surface area (Å²) >= 11 is 0. The quantitative estimate of drug-likeness (QED) is 0.814. The minimum absolute atomic E-state index is 0.130. The van der Waals surface area contributed by atoms with Gasteiger partial charge < -0.3 is 15.2 Å². The Morgan fingerprint density at radius 1 is 1.36 bits per heavy atom. The number of hydrogen-bond acceptors (Lipinski definition) is 3. The first-order chi connectivity index (χ1) is 12.2. The average Bonchev–Trinajstić information content (AvgIpc) is 3.17. The Kier molecular flexibility index (Phi) is 5.87. The predicted octanol–water partition coefficient (Wildman–Crippen LogP) is 2.54. The maximum Gasteiger partial charge on any atom is 0.240 e. The monoisotopic (exact) mass is 340 g/mol. The number of carbonyl (C=O) groups excluding carboxylic acids is 1. The van der Waals surface area contributed by atoms with Gasteiger partial charge in [0.2, 0.25) is 5.91 Å². The van der Waals surface area contributed by atoms with Crippen LogP contribution in [-0.2, 0) is 24.2 Å². The fourth-order valence-electron chi connectivity index (χ4n) is 3.43. The molecule has 0 saturated carbocycles. The summed E-state index contributed by atoms with van der Waals surface area (Å²) in [4.78, 5) is 22.4. The average molecular weight is 340 g/mol. The molecule has 2 aromatic rings. The first kappa shape index (κ1) is 17.7. The number of benzene rings is 1. The summed E-state index contributed by atoms with van der Waals surface area (Å²) in [6, 6.07) is 8.31. The molecule has 0 radical (unpaired) electrons. The van der Waals surface area contributed by atoms with Gasteiger partial charge in [-0.1, -0.05) is 44.5 Å². The van der Waals surface area contributed by atoms with E-state index < -0.39 is 0 Å². The molecule has 1 aromatic heterocycles. The Morgan fingerprint density at radius 3 is 2.88 bits per heavy atom. The van der Waals surface area contributed by atoms with E-state index in [-0.39, 0.29) is 11.9 Å². The molecule has 0 aliphatic carbocycles. The lowest BCUT2D eigenvalue weighted by molar-refractivity contribution is -0.135. The zero-order chi connectivity index (χ0) is 17.6. The number of aromatic amines is 1. The molecule has 0 saturated heterocycles. The third-order valence-electron chi connectivity index (χ3n) is 5.22. The van der Waals surface area contributed by atoms with E-state index in [4.69, 9.17) is 0 Å². The van der Waals surface area contributed by atoms with E-state index in [0.29, 0.717) is 5.92 Å². The zero-order valence-electron chi connectivity index (χ0n) is 15.2. The van der Waals surface area contributed by atoms with Crippen molar-refractivity contribution in [2.75, 3.05) is 13.1 Å². The molecule has 1 aliphatic rings. The van der Waals surface area contributed by atoms with Crippen LogP contribution in [0.5, 0.6) is 0 Å². The standard InChI is InChI=1S/C20H28N4O/c1-3-15(2)19(22-10-8-18-12-21-14-23-18)20(25)24-11-9-16-6-4-5-7-17(16)13-24/h4-7,12,14-15,19,22H,3,8-11,13H2,1-2H3,(H,21,23). The van der Waals surface area contributed by atoms with Gasteiger partial charge in [0.1, 0.15) is 0 Å². The molecular weight excluding hydrogens is 312 g/mol. The van der Waals surface area contributed by atoms with Gasteiger partial charge in [0, 0.05) is 32.3 Å². The van der Waals surface area contributed by atoms with E-state index in [0.717, 1.165) is 44.6 Å². The SMILES string of the molecule is CCC(C)C(NCCc1c[nH]cn1)C(=O)N1CCc2ccccc2C1. The molecule has 2 atom stereocenters. The van der Waals surface area contributed by atoms with E-state index in [9.17, 15) is 4.79 Å². The molecule has 0 bridgehead atoms. The van der Waals surface area contributed by atoms with Crippen molar-refractivity contribution in [2.45, 2.75) is 45.7 Å². The minimum Gasteiger partial charge on any atom is -0.351 e. The summed E-state index contributed by atoms with van der Waals surface area (Å²) in [6.45, 7) is 6.59. The first-order valence-corrected chi connectivity index (χ1v) is 9.25. The lowest BCUT2D eigenvalue weighted by Crippen LogP contribution is -2.51. The molecular formula is C20H28N4O. The van der Waals surface area contributed by atoms with E-state index >= 15 is 0 Å². The number of aromatic nitrogens is 2. The number of hydrogen-bond donors (Lipinski definition) is 2. The molecule has 2 N–H and O–H groups in total. The molecule has 1 amide bonds. The van der Waals surface area contributed by atoms with Crippen LogP contribution in [0, 0.1) is 5.92 Å². The van der Waals surface area contributed by atoms with Crippen molar-refractivity contribution < 1.29 is 4.79 Å². The van der Waals surface area contributed by atoms with Gasteiger partial charge in [-0.25, -0.2) is 4.98 Å². The maximum atomic E-state index is 13.1. The fourth-order valence-corrected chi connectivity index (χ4v) is 3.43. The highest BCUT2D eigenvalue weighted by molar-refractivity contribution is 5.82. The van der Waals surface area contributed by atoms with Gasteiger partial charge in [-0.2, -0.15) is 0 Å². The van der Waals surface area contributed by atoms with Crippen LogP contribution in [0.2, 0.25) is 0 Å². The van der Waals surface area contributed by atoms with Gasteiger partial charge in [0.05, 0.1) is 18.1 Å². The van der Waals surface area contributed by atoms with Crippen LogP contribution in [0.1, 0.15) is 37.1 Å². The summed E-state index contributed by atoms with van der Waals surface area (Å²) < 4.78 is 0. The van der Waals surface area contributed by atoms with Crippen LogP contribution in [0.25, 0.3) is 0 Å². The molecule has 5 heteroatoms. The van der Waals surface area contributed by atoms with Crippen molar-refractivity contribution in [3.05, 3.63) is 53.6 Å². The summed E-state index contributed by atoms with van der Waals surface area (Å²) in [5.41, 5.74) is 3.68. The second-order valence-electron chi connectivity index (χ2n) is 6.91. The van der Waals surface area contributed by atoms with Gasteiger partial charge in [-0.05, 0) is 23.5 Å². The lowest BCUT2D eigenvalue weighted by atomic mass is 9.95. The van der Waals surface area contributed by atoms with Gasteiger partial charge in [0.15, 0.2) is 0 Å². The van der Waals surface area contributed by atoms with Gasteiger partial charge in [0.25, 0.3) is 0 Å². The first-order valence-electron chi connectivity index (χ1n) is 9.25. The number of imidazole rings is 1. The van der Waals surface area contributed by atoms with Crippen LogP contribution in [0.3, 0.4) is 0 Å². The lowest BCUT2D eigenvalue weighted by Gasteiger charge is -2.34. The van der Waals surface area contributed by atoms with Crippen molar-refractivity contribution in [3.63, 3.8) is 0 Å². The van der Waals surface area contributed by atoms with Crippen molar-refractivity contribution in [1.29, 1.82) is 0 Å². The number of nitrogens with zero attached hydrogens (tertiary/aromatic N) is 2. The third kappa shape index (κ3) is 4.28. The molecule has 0 fully saturated rings. The Bertz CT molecular complexity index is 683. The molecule has 3 rings (SSSR count). The van der Waals surface area contributed by atoms with E-state index in [2.05, 4.69) is 53.4 Å². The normalized spacial score (nSPS) is 16.3. The Labute approximate surface area is 149 Å². The van der Waals surface area contributed by atoms with Crippen molar-refractivity contribution in [1.82, 2.24) is 20.2 Å². The van der Waals surface area contributed by atoms with Crippen molar-refractivity contribution in [3.8, 4) is 0 Å². The summed E-state index contributed by atoms with van der Waals surface area (Å²) in [7, 11) is 0. The second-order valence-corrected chi connectivity index (χ2v) is 6.91. The maximum absolute atomic E-state index is 13.1. The van der Waals surface area contributed by atoms with Gasteiger partial charge >= 0.3 is 0 Å². The largest absolute Gasteiger partial charge is 0.351 e. The van der Waals surface area contributed by atoms with Crippen molar-refractivity contribution >= 4 is 5.91 Å². The molecule has 25 heavy (non-hydrogen) atoms. The topological polar surface area (TPSA) is 61.0 Å². The third-order valence-corrected chi connectivity index (χ3v) is 5.22. The highest BCUT2D eigenvalue weighted by Gasteiger charge is 2.29. The molecule has 1 aromatic carbocycles. The molecule has 134 valence electrons. The summed E-state index contributed by atoms with van der Waals surface area (Å²) in [6.07, 6.45) is 6.35. The van der Waals surface area contributed by atoms with Gasteiger partial charge in [-0.15, -0.1) is 0 Å². The van der Waals surface area contributed by atoms with Crippen LogP contribution in [-0.4, -0.2) is 39.9 Å². The van der Waals surface area contributed by atoms with Crippen LogP contribution in [0.4, 0.5) is 0 Å². The Morgan fingerprint density at radius 2 is 2.16 bits per heavy atom. The number of nitrogens with one attached hydrogen (secondary N) is 2. The minimum atomic E-state index is -0.130. The predicted molar refractivity (Wildman–Crippen MR) is 99.1 cm³/mol. The molecule has 2 heterocycles. The Hall–Kier alpha value is -2.14. The second kappa shape index (κ2) is 8.30. The summed E-state index contributed by atoms with van der Waals surface area (Å²) in [5, 5.41) is 3.48. The van der Waals surface area contributed by atoms with Crippen LogP contribution < -0.4 is 5.32 Å². The molecule has 0 spiro atoms. The Balaban J connectivity index is 1.63. The number of amides is 1. The van der Waals surface area contributed by atoms with E-state index in [1.54, 1.807) is 6.33 Å². The van der Waals surface area contributed by atoms with Crippen LogP contribution >= 0.6 is 0 Å². The number of H-pyrrole nitrogens is 1. The van der Waals surface area contributed by atoms with E-state index in [1.165, 1.54) is 11.1 Å². The number of rotatable bonds is 7. The highest BCUT2D eigenvalue weighted by Crippen LogP contribution is 2.21. The van der Waals surface area contributed by atoms with E-state index in [1.807, 2.05) is 11.1 Å². The number of carbonyl (C=O) groups is 1. The summed E-state index contributed by atoms with van der Waals surface area (Å²) in [5.74, 6) is 0.537. The van der Waals surface area contributed by atoms with Crippen molar-refractivity contribution in [2.24, 2.45) is 5.92 Å². The zero-order valence-corrected chi connectivity index (χ0v) is 15.2. The smallest absolute Gasteiger partial charge is 0.240 e. The highest BCUT2D eigenvalue weighted by atomic mass is 16.2. The molecule has 2 unspecified atom stereocenters. The molecule has 5 nitrogen and oxygen atoms in total. The number of fused-ring (bicyclic) bond motifs is 1.